The van der Waals surface area contributed by atoms with Crippen LogP contribution in [0.3, 0.4) is 0 Å². The minimum atomic E-state index is -0.164. The monoisotopic (exact) mass is 403 g/mol. The Kier molecular flexibility index (Phi) is 6.11. The highest BCUT2D eigenvalue weighted by atomic mass is 16.5. The number of benzene rings is 1. The highest BCUT2D eigenvalue weighted by Crippen LogP contribution is 2.18. The van der Waals surface area contributed by atoms with Gasteiger partial charge in [-0.1, -0.05) is 12.1 Å². The van der Waals surface area contributed by atoms with Gasteiger partial charge in [-0.25, -0.2) is 15.4 Å². The van der Waals surface area contributed by atoms with Crippen molar-refractivity contribution in [2.75, 3.05) is 14.1 Å². The molecule has 9 nitrogen and oxygen atoms in total. The van der Waals surface area contributed by atoms with E-state index in [1.165, 1.54) is 4.90 Å². The minimum Gasteiger partial charge on any atom is -0.417 e. The number of pyridine rings is 1. The summed E-state index contributed by atoms with van der Waals surface area (Å²) in [4.78, 5) is 25.7. The van der Waals surface area contributed by atoms with E-state index in [4.69, 9.17) is 10.1 Å². The predicted molar refractivity (Wildman–Crippen MR) is 116 cm³/mol. The summed E-state index contributed by atoms with van der Waals surface area (Å²) in [5, 5.41) is 12.2. The Morgan fingerprint density at radius 3 is 2.37 bits per heavy atom. The second-order valence-electron chi connectivity index (χ2n) is 6.53. The summed E-state index contributed by atoms with van der Waals surface area (Å²) in [6.45, 7) is 5.20. The smallest absolute Gasteiger partial charge is 0.253 e. The number of amidine groups is 1. The van der Waals surface area contributed by atoms with Crippen LogP contribution >= 0.6 is 0 Å². The zero-order chi connectivity index (χ0) is 21.7. The lowest BCUT2D eigenvalue weighted by Gasteiger charge is -2.11. The molecule has 0 saturated carbocycles. The molecule has 0 radical (unpaired) electrons. The van der Waals surface area contributed by atoms with Gasteiger partial charge < -0.3 is 9.64 Å². The number of aromatic nitrogens is 1. The molecule has 2 heterocycles. The molecule has 2 N–H and O–H groups in total. The number of carbonyl (C=O) groups excluding carboxylic acids is 1. The van der Waals surface area contributed by atoms with Gasteiger partial charge in [-0.15, -0.1) is 5.10 Å². The molecule has 3 rings (SSSR count). The zero-order valence-corrected chi connectivity index (χ0v) is 16.9. The van der Waals surface area contributed by atoms with Crippen LogP contribution in [0, 0.1) is 5.41 Å². The maximum Gasteiger partial charge on any atom is 0.253 e. The molecule has 30 heavy (non-hydrogen) atoms. The van der Waals surface area contributed by atoms with Gasteiger partial charge in [0.05, 0.1) is 0 Å². The molecule has 0 fully saturated rings. The first kappa shape index (κ1) is 20.6. The molecule has 9 heteroatoms. The fourth-order valence-corrected chi connectivity index (χ4v) is 2.59. The number of ether oxygens (including phenoxy) is 1. The topological polar surface area (TPSA) is 115 Å². The standard InChI is InChI=1S/C21H21N7O2/c1-13(14-5-7-16(8-6-14)21(29)28(3)4)25-17(18(22)23-2)20-27-26-19(30-20)15-9-11-24-12-10-15/h5-12,22,27H,2H2,1,3-4H3. The molecule has 1 aromatic carbocycles. The molecular formula is C21H21N7O2. The first-order valence-electron chi connectivity index (χ1n) is 9.00. The Morgan fingerprint density at radius 2 is 1.77 bits per heavy atom. The summed E-state index contributed by atoms with van der Waals surface area (Å²) in [5.41, 5.74) is 5.61. The van der Waals surface area contributed by atoms with E-state index in [-0.39, 0.29) is 23.3 Å². The first-order valence-corrected chi connectivity index (χ1v) is 9.00. The number of hydrogen-bond acceptors (Lipinski definition) is 7. The Labute approximate surface area is 174 Å². The molecule has 0 atom stereocenters. The van der Waals surface area contributed by atoms with E-state index in [1.807, 2.05) is 0 Å². The number of nitrogens with zero attached hydrogens (tertiary/aromatic N) is 5. The maximum atomic E-state index is 12.1. The Morgan fingerprint density at radius 1 is 1.13 bits per heavy atom. The lowest BCUT2D eigenvalue weighted by Crippen LogP contribution is -2.21. The second kappa shape index (κ2) is 8.91. The molecule has 0 spiro atoms. The van der Waals surface area contributed by atoms with Crippen LogP contribution in [0.15, 0.2) is 75.5 Å². The molecular weight excluding hydrogens is 382 g/mol. The first-order chi connectivity index (χ1) is 14.4. The van der Waals surface area contributed by atoms with E-state index in [9.17, 15) is 4.79 Å². The van der Waals surface area contributed by atoms with Gasteiger partial charge >= 0.3 is 0 Å². The summed E-state index contributed by atoms with van der Waals surface area (Å²) < 4.78 is 5.75. The number of hydrogen-bond donors (Lipinski definition) is 2. The van der Waals surface area contributed by atoms with Crippen molar-refractivity contribution in [2.45, 2.75) is 6.92 Å². The van der Waals surface area contributed by atoms with E-state index in [2.05, 4.69) is 32.2 Å². The van der Waals surface area contributed by atoms with Gasteiger partial charge in [0.1, 0.15) is 0 Å². The highest BCUT2D eigenvalue weighted by molar-refractivity contribution is 6.06. The Bertz CT molecular complexity index is 1070. The average molecular weight is 403 g/mol. The van der Waals surface area contributed by atoms with Gasteiger partial charge in [0.2, 0.25) is 11.8 Å². The summed E-state index contributed by atoms with van der Waals surface area (Å²) in [5.74, 6) is 0.266. The van der Waals surface area contributed by atoms with Crippen molar-refractivity contribution >= 4 is 30.1 Å². The largest absolute Gasteiger partial charge is 0.417 e. The van der Waals surface area contributed by atoms with Gasteiger partial charge in [-0.2, -0.15) is 0 Å². The second-order valence-corrected chi connectivity index (χ2v) is 6.53. The molecule has 1 aliphatic heterocycles. The number of hydrazone groups is 1. The maximum absolute atomic E-state index is 12.1. The fourth-order valence-electron chi connectivity index (χ4n) is 2.59. The van der Waals surface area contributed by atoms with Crippen molar-refractivity contribution in [1.29, 1.82) is 5.41 Å². The molecule has 0 unspecified atom stereocenters. The third-order valence-corrected chi connectivity index (χ3v) is 4.22. The average Bonchev–Trinajstić information content (AvgIpc) is 3.27. The van der Waals surface area contributed by atoms with Gasteiger partial charge in [0.25, 0.3) is 5.91 Å². The van der Waals surface area contributed by atoms with Crippen LogP contribution in [0.4, 0.5) is 0 Å². The van der Waals surface area contributed by atoms with Crippen molar-refractivity contribution < 1.29 is 9.53 Å². The van der Waals surface area contributed by atoms with Crippen LogP contribution in [-0.2, 0) is 4.74 Å². The van der Waals surface area contributed by atoms with E-state index < -0.39 is 0 Å². The van der Waals surface area contributed by atoms with Crippen LogP contribution in [0.2, 0.25) is 0 Å². The minimum absolute atomic E-state index is 0.0825. The van der Waals surface area contributed by atoms with Crippen LogP contribution < -0.4 is 5.43 Å². The van der Waals surface area contributed by atoms with Gasteiger partial charge in [-0.3, -0.25) is 15.2 Å². The van der Waals surface area contributed by atoms with E-state index >= 15 is 0 Å². The number of rotatable bonds is 5. The van der Waals surface area contributed by atoms with Gasteiger partial charge in [0, 0.05) is 43.3 Å². The van der Waals surface area contributed by atoms with Crippen molar-refractivity contribution in [3.05, 3.63) is 77.1 Å². The number of aliphatic imine (C=N–C) groups is 2. The lowest BCUT2D eigenvalue weighted by molar-refractivity contribution is 0.0827. The summed E-state index contributed by atoms with van der Waals surface area (Å²) in [6, 6.07) is 10.6. The number of amides is 1. The van der Waals surface area contributed by atoms with Crippen LogP contribution in [-0.4, -0.2) is 54.0 Å². The third-order valence-electron chi connectivity index (χ3n) is 4.22. The van der Waals surface area contributed by atoms with E-state index in [1.54, 1.807) is 69.8 Å². The summed E-state index contributed by atoms with van der Waals surface area (Å²) >= 11 is 0. The molecule has 1 aliphatic rings. The SMILES string of the molecule is C=NC(=N)C(N=C(C)c1ccc(C(=O)N(C)C)cc1)=C1NN=C(c2ccncc2)O1. The van der Waals surface area contributed by atoms with Gasteiger partial charge in [0.15, 0.2) is 11.5 Å². The molecule has 0 bridgehead atoms. The Balaban J connectivity index is 1.89. The third kappa shape index (κ3) is 4.46. The normalized spacial score (nSPS) is 14.9. The van der Waals surface area contributed by atoms with E-state index in [0.29, 0.717) is 17.2 Å². The lowest BCUT2D eigenvalue weighted by atomic mass is 10.1. The fraction of sp³-hybridized carbons (Fsp3) is 0.143. The predicted octanol–water partition coefficient (Wildman–Crippen LogP) is 2.42. The van der Waals surface area contributed by atoms with Crippen molar-refractivity contribution in [1.82, 2.24) is 15.3 Å². The summed E-state index contributed by atoms with van der Waals surface area (Å²) in [6.07, 6.45) is 3.26. The van der Waals surface area contributed by atoms with Gasteiger partial charge in [-0.05, 0) is 43.5 Å². The molecule has 152 valence electrons. The molecule has 2 aromatic rings. The molecule has 1 amide bonds. The summed E-state index contributed by atoms with van der Waals surface area (Å²) in [7, 11) is 3.40. The van der Waals surface area contributed by atoms with Crippen molar-refractivity contribution in [3.63, 3.8) is 0 Å². The van der Waals surface area contributed by atoms with Crippen molar-refractivity contribution in [2.24, 2.45) is 15.1 Å². The quantitative estimate of drug-likeness (QED) is 0.589. The van der Waals surface area contributed by atoms with Crippen molar-refractivity contribution in [3.8, 4) is 0 Å². The molecule has 0 saturated heterocycles. The zero-order valence-electron chi connectivity index (χ0n) is 16.9. The molecule has 0 aliphatic carbocycles. The number of carbonyl (C=O) groups is 1. The van der Waals surface area contributed by atoms with Crippen LogP contribution in [0.1, 0.15) is 28.4 Å². The number of nitrogens with one attached hydrogen (secondary N) is 2. The molecule has 1 aromatic heterocycles. The Hall–Kier alpha value is -4.14. The highest BCUT2D eigenvalue weighted by Gasteiger charge is 2.22. The van der Waals surface area contributed by atoms with Crippen LogP contribution in [0.5, 0.6) is 0 Å². The van der Waals surface area contributed by atoms with E-state index in [0.717, 1.165) is 11.1 Å². The van der Waals surface area contributed by atoms with Crippen LogP contribution in [0.25, 0.3) is 0 Å².